The molecule has 1 heterocycles. The second kappa shape index (κ2) is 6.43. The second-order valence-corrected chi connectivity index (χ2v) is 5.26. The minimum Gasteiger partial charge on any atom is -0.393 e. The van der Waals surface area contributed by atoms with E-state index >= 15 is 0 Å². The highest BCUT2D eigenvalue weighted by Gasteiger charge is 2.37. The van der Waals surface area contributed by atoms with Gasteiger partial charge >= 0.3 is 6.18 Å². The van der Waals surface area contributed by atoms with Crippen LogP contribution in [0.15, 0.2) is 18.3 Å². The zero-order valence-corrected chi connectivity index (χ0v) is 12.2. The van der Waals surface area contributed by atoms with Crippen molar-refractivity contribution in [2.75, 3.05) is 6.54 Å². The molecule has 0 unspecified atom stereocenters. The largest absolute Gasteiger partial charge is 0.434 e. The normalized spacial score (nSPS) is 16.1. The standard InChI is InChI=1S/C14H19F3N2O2/c1-4-13(3,9(2)20)8-19-12(21)10-6-5-7-18-11(10)14(15,16)17/h5-7,9,20H,4,8H2,1-3H3,(H,19,21)/t9-,13-/m1/s1. The number of aliphatic hydroxyl groups is 1. The van der Waals surface area contributed by atoms with Gasteiger partial charge in [0.25, 0.3) is 5.91 Å². The summed E-state index contributed by atoms with van der Waals surface area (Å²) in [5.74, 6) is -0.851. The fourth-order valence-corrected chi connectivity index (χ4v) is 1.76. The molecule has 0 aliphatic carbocycles. The number of aliphatic hydroxyl groups excluding tert-OH is 1. The fraction of sp³-hybridized carbons (Fsp3) is 0.571. The summed E-state index contributed by atoms with van der Waals surface area (Å²) in [7, 11) is 0. The molecule has 2 N–H and O–H groups in total. The topological polar surface area (TPSA) is 62.2 Å². The number of pyridine rings is 1. The van der Waals surface area contributed by atoms with Gasteiger partial charge in [-0.15, -0.1) is 0 Å². The van der Waals surface area contributed by atoms with Gasteiger partial charge in [0, 0.05) is 18.2 Å². The first-order valence-electron chi connectivity index (χ1n) is 6.60. The number of rotatable bonds is 5. The third kappa shape index (κ3) is 4.17. The van der Waals surface area contributed by atoms with Gasteiger partial charge in [-0.25, -0.2) is 0 Å². The lowest BCUT2D eigenvalue weighted by atomic mass is 9.82. The van der Waals surface area contributed by atoms with E-state index in [1.165, 1.54) is 6.07 Å². The Kier molecular flexibility index (Phi) is 5.33. The van der Waals surface area contributed by atoms with Gasteiger partial charge in [-0.2, -0.15) is 13.2 Å². The molecular weight excluding hydrogens is 285 g/mol. The van der Waals surface area contributed by atoms with Crippen molar-refractivity contribution in [3.8, 4) is 0 Å². The molecule has 1 rings (SSSR count). The second-order valence-electron chi connectivity index (χ2n) is 5.26. The molecule has 7 heteroatoms. The molecule has 4 nitrogen and oxygen atoms in total. The third-order valence-electron chi connectivity index (χ3n) is 3.79. The maximum absolute atomic E-state index is 12.8. The van der Waals surface area contributed by atoms with Crippen LogP contribution in [0, 0.1) is 5.41 Å². The van der Waals surface area contributed by atoms with E-state index in [1.807, 2.05) is 6.92 Å². The van der Waals surface area contributed by atoms with E-state index in [1.54, 1.807) is 13.8 Å². The highest BCUT2D eigenvalue weighted by molar-refractivity contribution is 5.95. The van der Waals surface area contributed by atoms with Crippen molar-refractivity contribution in [1.82, 2.24) is 10.3 Å². The molecule has 2 atom stereocenters. The van der Waals surface area contributed by atoms with Crippen LogP contribution in [0.5, 0.6) is 0 Å². The third-order valence-corrected chi connectivity index (χ3v) is 3.79. The van der Waals surface area contributed by atoms with Crippen LogP contribution in [0.3, 0.4) is 0 Å². The molecule has 1 aromatic heterocycles. The number of carbonyl (C=O) groups excluding carboxylic acids is 1. The molecule has 0 spiro atoms. The Morgan fingerprint density at radius 3 is 2.57 bits per heavy atom. The van der Waals surface area contributed by atoms with Crippen LogP contribution in [0.4, 0.5) is 13.2 Å². The first-order chi connectivity index (χ1) is 9.62. The van der Waals surface area contributed by atoms with Crippen LogP contribution >= 0.6 is 0 Å². The number of nitrogens with one attached hydrogen (secondary N) is 1. The summed E-state index contributed by atoms with van der Waals surface area (Å²) >= 11 is 0. The zero-order chi connectivity index (χ0) is 16.3. The highest BCUT2D eigenvalue weighted by Crippen LogP contribution is 2.30. The lowest BCUT2D eigenvalue weighted by molar-refractivity contribution is -0.141. The van der Waals surface area contributed by atoms with Crippen LogP contribution in [0.2, 0.25) is 0 Å². The number of nitrogens with zero attached hydrogens (tertiary/aromatic N) is 1. The number of hydrogen-bond donors (Lipinski definition) is 2. The van der Waals surface area contributed by atoms with Gasteiger partial charge < -0.3 is 10.4 Å². The number of halogens is 3. The summed E-state index contributed by atoms with van der Waals surface area (Å²) in [6, 6.07) is 2.36. The lowest BCUT2D eigenvalue weighted by Crippen LogP contribution is -2.42. The van der Waals surface area contributed by atoms with Crippen LogP contribution < -0.4 is 5.32 Å². The van der Waals surface area contributed by atoms with Crippen molar-refractivity contribution in [2.24, 2.45) is 5.41 Å². The molecular formula is C14H19F3N2O2. The molecule has 0 radical (unpaired) electrons. The van der Waals surface area contributed by atoms with Gasteiger partial charge in [0.2, 0.25) is 0 Å². The first kappa shape index (κ1) is 17.4. The molecule has 0 fully saturated rings. The van der Waals surface area contributed by atoms with E-state index in [0.29, 0.717) is 6.42 Å². The maximum Gasteiger partial charge on any atom is 0.434 e. The van der Waals surface area contributed by atoms with Crippen LogP contribution in [-0.4, -0.2) is 28.6 Å². The highest BCUT2D eigenvalue weighted by atomic mass is 19.4. The molecule has 0 saturated carbocycles. The summed E-state index contributed by atoms with van der Waals surface area (Å²) in [4.78, 5) is 15.2. The molecule has 0 aliphatic rings. The van der Waals surface area contributed by atoms with E-state index in [9.17, 15) is 23.1 Å². The minimum atomic E-state index is -4.69. The quantitative estimate of drug-likeness (QED) is 0.879. The predicted molar refractivity (Wildman–Crippen MR) is 71.7 cm³/mol. The summed E-state index contributed by atoms with van der Waals surface area (Å²) in [6.45, 7) is 5.25. The van der Waals surface area contributed by atoms with Crippen molar-refractivity contribution >= 4 is 5.91 Å². The summed E-state index contributed by atoms with van der Waals surface area (Å²) in [5.41, 5.74) is -2.33. The summed E-state index contributed by atoms with van der Waals surface area (Å²) < 4.78 is 38.4. The van der Waals surface area contributed by atoms with E-state index < -0.39 is 34.9 Å². The zero-order valence-electron chi connectivity index (χ0n) is 12.2. The average molecular weight is 304 g/mol. The fourth-order valence-electron chi connectivity index (χ4n) is 1.76. The minimum absolute atomic E-state index is 0.0756. The summed E-state index contributed by atoms with van der Waals surface area (Å²) in [6.07, 6.45) is -3.82. The van der Waals surface area contributed by atoms with Gasteiger partial charge in [0.15, 0.2) is 5.69 Å². The van der Waals surface area contributed by atoms with Crippen molar-refractivity contribution in [3.63, 3.8) is 0 Å². The van der Waals surface area contributed by atoms with Gasteiger partial charge in [-0.3, -0.25) is 9.78 Å². The van der Waals surface area contributed by atoms with Crippen molar-refractivity contribution < 1.29 is 23.1 Å². The lowest BCUT2D eigenvalue weighted by Gasteiger charge is -2.31. The molecule has 0 bridgehead atoms. The molecule has 118 valence electrons. The Morgan fingerprint density at radius 2 is 2.10 bits per heavy atom. The molecule has 0 saturated heterocycles. The molecule has 1 amide bonds. The first-order valence-corrected chi connectivity index (χ1v) is 6.60. The van der Waals surface area contributed by atoms with Crippen molar-refractivity contribution in [3.05, 3.63) is 29.6 Å². The number of aromatic nitrogens is 1. The smallest absolute Gasteiger partial charge is 0.393 e. The van der Waals surface area contributed by atoms with Gasteiger partial charge in [-0.1, -0.05) is 13.8 Å². The molecule has 0 aliphatic heterocycles. The van der Waals surface area contributed by atoms with Gasteiger partial charge in [0.05, 0.1) is 11.7 Å². The van der Waals surface area contributed by atoms with Crippen LogP contribution in [-0.2, 0) is 6.18 Å². The Morgan fingerprint density at radius 1 is 1.48 bits per heavy atom. The monoisotopic (exact) mass is 304 g/mol. The van der Waals surface area contributed by atoms with Crippen molar-refractivity contribution in [1.29, 1.82) is 0 Å². The average Bonchev–Trinajstić information content (AvgIpc) is 2.43. The number of carbonyl (C=O) groups is 1. The Hall–Kier alpha value is -1.63. The Bertz CT molecular complexity index is 503. The van der Waals surface area contributed by atoms with E-state index in [-0.39, 0.29) is 6.54 Å². The van der Waals surface area contributed by atoms with Gasteiger partial charge in [-0.05, 0) is 25.5 Å². The van der Waals surface area contributed by atoms with Crippen LogP contribution in [0.1, 0.15) is 43.2 Å². The Labute approximate surface area is 121 Å². The maximum atomic E-state index is 12.8. The predicted octanol–water partition coefficient (Wildman–Crippen LogP) is 2.63. The summed E-state index contributed by atoms with van der Waals surface area (Å²) in [5, 5.41) is 12.1. The number of alkyl halides is 3. The van der Waals surface area contributed by atoms with Gasteiger partial charge in [0.1, 0.15) is 0 Å². The van der Waals surface area contributed by atoms with E-state index in [2.05, 4.69) is 10.3 Å². The molecule has 21 heavy (non-hydrogen) atoms. The van der Waals surface area contributed by atoms with E-state index in [4.69, 9.17) is 0 Å². The molecule has 1 aromatic rings. The number of hydrogen-bond acceptors (Lipinski definition) is 3. The SMILES string of the molecule is CC[C@](C)(CNC(=O)c1cccnc1C(F)(F)F)[C@@H](C)O. The van der Waals surface area contributed by atoms with Crippen molar-refractivity contribution in [2.45, 2.75) is 39.5 Å². The van der Waals surface area contributed by atoms with E-state index in [0.717, 1.165) is 12.3 Å². The molecule has 0 aromatic carbocycles. The van der Waals surface area contributed by atoms with Crippen LogP contribution in [0.25, 0.3) is 0 Å². The number of amides is 1. The Balaban J connectivity index is 2.92.